The summed E-state index contributed by atoms with van der Waals surface area (Å²) in [6.45, 7) is 5.37. The Hall–Kier alpha value is -3.21. The minimum absolute atomic E-state index is 0.0815. The molecule has 3 aromatic rings. The minimum atomic E-state index is -0.236. The molecule has 0 fully saturated rings. The molecule has 156 valence electrons. The number of hydrogen-bond acceptors (Lipinski definition) is 3. The molecule has 1 heterocycles. The van der Waals surface area contributed by atoms with Crippen LogP contribution in [-0.4, -0.2) is 22.4 Å². The topological polar surface area (TPSA) is 42.4 Å². The van der Waals surface area contributed by atoms with E-state index in [1.54, 1.807) is 24.5 Å². The average molecular weight is 407 g/mol. The number of aromatic nitrogens is 1. The molecule has 2 aromatic carbocycles. The molecule has 0 N–H and O–H groups in total. The van der Waals surface area contributed by atoms with Crippen LogP contribution in [0.25, 0.3) is 0 Å². The predicted molar refractivity (Wildman–Crippen MR) is 115 cm³/mol. The standard InChI is InChI=1S/C25H27FN2O2/c1-19(2)25(29)28(17-21-10-13-27-14-11-21)18-22-4-3-5-24(16-22)30-15-12-20-6-8-23(26)9-7-20/h3-11,13-14,16,19H,12,15,17-18H2,1-2H3. The Morgan fingerprint density at radius 2 is 1.67 bits per heavy atom. The fraction of sp³-hybridized carbons (Fsp3) is 0.280. The van der Waals surface area contributed by atoms with Gasteiger partial charge in [0.2, 0.25) is 5.91 Å². The van der Waals surface area contributed by atoms with Crippen LogP contribution in [0.3, 0.4) is 0 Å². The van der Waals surface area contributed by atoms with Gasteiger partial charge in [0.1, 0.15) is 11.6 Å². The van der Waals surface area contributed by atoms with Crippen molar-refractivity contribution in [2.75, 3.05) is 6.61 Å². The highest BCUT2D eigenvalue weighted by Crippen LogP contribution is 2.18. The quantitative estimate of drug-likeness (QED) is 0.501. The van der Waals surface area contributed by atoms with E-state index >= 15 is 0 Å². The van der Waals surface area contributed by atoms with Gasteiger partial charge in [-0.15, -0.1) is 0 Å². The van der Waals surface area contributed by atoms with E-state index in [-0.39, 0.29) is 17.6 Å². The first kappa shape index (κ1) is 21.5. The third kappa shape index (κ3) is 6.41. The second-order valence-corrected chi connectivity index (χ2v) is 7.58. The van der Waals surface area contributed by atoms with Crippen molar-refractivity contribution < 1.29 is 13.9 Å². The summed E-state index contributed by atoms with van der Waals surface area (Å²) in [6, 6.07) is 18.1. The molecule has 3 rings (SSSR count). The zero-order valence-corrected chi connectivity index (χ0v) is 17.4. The second-order valence-electron chi connectivity index (χ2n) is 7.58. The molecule has 1 aromatic heterocycles. The lowest BCUT2D eigenvalue weighted by Gasteiger charge is -2.25. The van der Waals surface area contributed by atoms with Gasteiger partial charge in [0.05, 0.1) is 6.61 Å². The van der Waals surface area contributed by atoms with Crippen molar-refractivity contribution in [2.24, 2.45) is 5.92 Å². The van der Waals surface area contributed by atoms with Gasteiger partial charge in [-0.05, 0) is 53.1 Å². The molecular weight excluding hydrogens is 379 g/mol. The monoisotopic (exact) mass is 406 g/mol. The van der Waals surface area contributed by atoms with Crippen LogP contribution in [0.1, 0.15) is 30.5 Å². The molecule has 5 heteroatoms. The number of ether oxygens (including phenoxy) is 1. The molecule has 1 amide bonds. The lowest BCUT2D eigenvalue weighted by molar-refractivity contribution is -0.135. The highest BCUT2D eigenvalue weighted by molar-refractivity contribution is 5.78. The van der Waals surface area contributed by atoms with Crippen molar-refractivity contribution in [1.82, 2.24) is 9.88 Å². The maximum absolute atomic E-state index is 13.0. The first-order valence-corrected chi connectivity index (χ1v) is 10.1. The normalized spacial score (nSPS) is 10.8. The van der Waals surface area contributed by atoms with Gasteiger partial charge in [-0.2, -0.15) is 0 Å². The number of amides is 1. The van der Waals surface area contributed by atoms with Crippen molar-refractivity contribution >= 4 is 5.91 Å². The van der Waals surface area contributed by atoms with Gasteiger partial charge < -0.3 is 9.64 Å². The van der Waals surface area contributed by atoms with Crippen molar-refractivity contribution in [2.45, 2.75) is 33.4 Å². The molecule has 0 saturated heterocycles. The van der Waals surface area contributed by atoms with E-state index in [2.05, 4.69) is 4.98 Å². The van der Waals surface area contributed by atoms with Crippen molar-refractivity contribution in [1.29, 1.82) is 0 Å². The number of nitrogens with zero attached hydrogens (tertiary/aromatic N) is 2. The summed E-state index contributed by atoms with van der Waals surface area (Å²) in [7, 11) is 0. The Morgan fingerprint density at radius 3 is 2.37 bits per heavy atom. The van der Waals surface area contributed by atoms with E-state index in [0.717, 1.165) is 22.4 Å². The number of pyridine rings is 1. The largest absolute Gasteiger partial charge is 0.493 e. The van der Waals surface area contributed by atoms with Gasteiger partial charge in [-0.1, -0.05) is 38.1 Å². The maximum atomic E-state index is 13.0. The zero-order chi connectivity index (χ0) is 21.3. The SMILES string of the molecule is CC(C)C(=O)N(Cc1ccncc1)Cc1cccc(OCCc2ccc(F)cc2)c1. The Labute approximate surface area is 177 Å². The molecule has 0 unspecified atom stereocenters. The molecular formula is C25H27FN2O2. The van der Waals surface area contributed by atoms with Crippen LogP contribution in [0, 0.1) is 11.7 Å². The summed E-state index contributed by atoms with van der Waals surface area (Å²) in [4.78, 5) is 18.6. The lowest BCUT2D eigenvalue weighted by atomic mass is 10.1. The first-order chi connectivity index (χ1) is 14.5. The number of benzene rings is 2. The van der Waals surface area contributed by atoms with Crippen molar-refractivity contribution in [3.8, 4) is 5.75 Å². The van der Waals surface area contributed by atoms with Crippen molar-refractivity contribution in [3.63, 3.8) is 0 Å². The van der Waals surface area contributed by atoms with E-state index in [0.29, 0.717) is 26.1 Å². The molecule has 0 aliphatic rings. The Morgan fingerprint density at radius 1 is 0.967 bits per heavy atom. The van der Waals surface area contributed by atoms with E-state index in [4.69, 9.17) is 4.74 Å². The number of hydrogen-bond donors (Lipinski definition) is 0. The summed E-state index contributed by atoms with van der Waals surface area (Å²) in [5.74, 6) is 0.548. The van der Waals surface area contributed by atoms with Crippen LogP contribution < -0.4 is 4.74 Å². The fourth-order valence-electron chi connectivity index (χ4n) is 3.18. The van der Waals surface area contributed by atoms with Crippen LogP contribution in [0.15, 0.2) is 73.1 Å². The smallest absolute Gasteiger partial charge is 0.225 e. The molecule has 30 heavy (non-hydrogen) atoms. The van der Waals surface area contributed by atoms with Gasteiger partial charge in [-0.3, -0.25) is 9.78 Å². The highest BCUT2D eigenvalue weighted by Gasteiger charge is 2.18. The van der Waals surface area contributed by atoms with E-state index in [1.807, 2.05) is 55.1 Å². The maximum Gasteiger partial charge on any atom is 0.225 e. The van der Waals surface area contributed by atoms with Gasteiger partial charge in [0.15, 0.2) is 0 Å². The molecule has 0 saturated carbocycles. The van der Waals surface area contributed by atoms with Gasteiger partial charge in [0.25, 0.3) is 0 Å². The molecule has 0 aliphatic carbocycles. The summed E-state index contributed by atoms with van der Waals surface area (Å²) >= 11 is 0. The second kappa shape index (κ2) is 10.5. The van der Waals surface area contributed by atoms with Crippen LogP contribution in [0.2, 0.25) is 0 Å². The van der Waals surface area contributed by atoms with E-state index < -0.39 is 0 Å². The summed E-state index contributed by atoms with van der Waals surface area (Å²) in [6.07, 6.45) is 4.18. The van der Waals surface area contributed by atoms with Crippen LogP contribution in [0.4, 0.5) is 4.39 Å². The number of carbonyl (C=O) groups is 1. The van der Waals surface area contributed by atoms with E-state index in [9.17, 15) is 9.18 Å². The van der Waals surface area contributed by atoms with Gasteiger partial charge in [0, 0.05) is 37.8 Å². The molecule has 0 radical (unpaired) electrons. The lowest BCUT2D eigenvalue weighted by Crippen LogP contribution is -2.33. The number of halogens is 1. The molecule has 4 nitrogen and oxygen atoms in total. The zero-order valence-electron chi connectivity index (χ0n) is 17.4. The van der Waals surface area contributed by atoms with Crippen LogP contribution in [-0.2, 0) is 24.3 Å². The molecule has 0 spiro atoms. The highest BCUT2D eigenvalue weighted by atomic mass is 19.1. The van der Waals surface area contributed by atoms with E-state index in [1.165, 1.54) is 12.1 Å². The third-order valence-electron chi connectivity index (χ3n) is 4.77. The molecule has 0 bridgehead atoms. The van der Waals surface area contributed by atoms with Gasteiger partial charge in [-0.25, -0.2) is 4.39 Å². The summed E-state index contributed by atoms with van der Waals surface area (Å²) < 4.78 is 18.9. The Balaban J connectivity index is 1.63. The summed E-state index contributed by atoms with van der Waals surface area (Å²) in [5.41, 5.74) is 3.08. The first-order valence-electron chi connectivity index (χ1n) is 10.1. The van der Waals surface area contributed by atoms with Crippen LogP contribution in [0.5, 0.6) is 5.75 Å². The third-order valence-corrected chi connectivity index (χ3v) is 4.77. The summed E-state index contributed by atoms with van der Waals surface area (Å²) in [5, 5.41) is 0. The number of rotatable bonds is 9. The fourth-order valence-corrected chi connectivity index (χ4v) is 3.18. The predicted octanol–water partition coefficient (Wildman–Crippen LogP) is 5.03. The average Bonchev–Trinajstić information content (AvgIpc) is 2.75. The minimum Gasteiger partial charge on any atom is -0.493 e. The Kier molecular flexibility index (Phi) is 7.55. The van der Waals surface area contributed by atoms with Gasteiger partial charge >= 0.3 is 0 Å². The Bertz CT molecular complexity index is 943. The van der Waals surface area contributed by atoms with Crippen LogP contribution >= 0.6 is 0 Å². The molecule has 0 aliphatic heterocycles. The number of carbonyl (C=O) groups excluding carboxylic acids is 1. The molecule has 0 atom stereocenters. The van der Waals surface area contributed by atoms with Crippen molar-refractivity contribution in [3.05, 3.63) is 95.6 Å².